The molecule has 1 saturated carbocycles. The molecule has 5 heteroatoms. The molecule has 94 valence electrons. The first-order valence-electron chi connectivity index (χ1n) is 5.57. The quantitative estimate of drug-likeness (QED) is 0.790. The summed E-state index contributed by atoms with van der Waals surface area (Å²) in [7, 11) is 0. The lowest BCUT2D eigenvalue weighted by Gasteiger charge is -2.44. The summed E-state index contributed by atoms with van der Waals surface area (Å²) in [4.78, 5) is 10.6. The van der Waals surface area contributed by atoms with Gasteiger partial charge in [0.2, 0.25) is 0 Å². The van der Waals surface area contributed by atoms with Crippen LogP contribution in [-0.4, -0.2) is 27.7 Å². The molecule has 0 aromatic heterocycles. The summed E-state index contributed by atoms with van der Waals surface area (Å²) in [5.74, 6) is -7.12. The number of hydrogen-bond acceptors (Lipinski definition) is 2. The number of rotatable bonds is 3. The van der Waals surface area contributed by atoms with Crippen LogP contribution < -0.4 is 0 Å². The molecule has 0 radical (unpaired) electrons. The van der Waals surface area contributed by atoms with Crippen molar-refractivity contribution in [2.24, 2.45) is 11.8 Å². The normalized spacial score (nSPS) is 31.8. The van der Waals surface area contributed by atoms with Crippen LogP contribution in [-0.2, 0) is 4.79 Å². The van der Waals surface area contributed by atoms with Gasteiger partial charge in [0.05, 0.1) is 0 Å². The highest BCUT2D eigenvalue weighted by Gasteiger charge is 2.63. The van der Waals surface area contributed by atoms with Gasteiger partial charge < -0.3 is 10.2 Å². The van der Waals surface area contributed by atoms with Gasteiger partial charge in [-0.3, -0.25) is 0 Å². The van der Waals surface area contributed by atoms with Crippen molar-refractivity contribution in [2.45, 2.75) is 51.1 Å². The van der Waals surface area contributed by atoms with Gasteiger partial charge in [0.1, 0.15) is 5.60 Å². The fourth-order valence-electron chi connectivity index (χ4n) is 2.64. The fourth-order valence-corrected chi connectivity index (χ4v) is 2.64. The number of carboxylic acid groups (broad SMARTS) is 1. The summed E-state index contributed by atoms with van der Waals surface area (Å²) in [5.41, 5.74) is -2.40. The van der Waals surface area contributed by atoms with Gasteiger partial charge >= 0.3 is 11.9 Å². The summed E-state index contributed by atoms with van der Waals surface area (Å²) < 4.78 is 27.2. The van der Waals surface area contributed by atoms with E-state index in [1.54, 1.807) is 13.8 Å². The highest BCUT2D eigenvalue weighted by molar-refractivity contribution is 5.77. The van der Waals surface area contributed by atoms with E-state index in [2.05, 4.69) is 0 Å². The predicted octanol–water partition coefficient (Wildman–Crippen LogP) is 2.28. The second kappa shape index (κ2) is 4.28. The molecule has 0 aromatic rings. The number of carboxylic acids is 1. The van der Waals surface area contributed by atoms with E-state index in [1.165, 1.54) is 0 Å². The van der Waals surface area contributed by atoms with Gasteiger partial charge in [-0.05, 0) is 24.7 Å². The van der Waals surface area contributed by atoms with Gasteiger partial charge in [0.15, 0.2) is 0 Å². The molecule has 1 rings (SSSR count). The Hall–Kier alpha value is -0.710. The SMILES string of the molecule is CC(C)C1CCCCC1(O)C(F)(F)C(=O)O. The molecular weight excluding hydrogens is 218 g/mol. The fraction of sp³-hybridized carbons (Fsp3) is 0.909. The Morgan fingerprint density at radius 1 is 1.44 bits per heavy atom. The maximum absolute atomic E-state index is 13.6. The zero-order valence-electron chi connectivity index (χ0n) is 9.54. The third kappa shape index (κ3) is 1.93. The third-order valence-corrected chi connectivity index (χ3v) is 3.55. The molecule has 3 nitrogen and oxygen atoms in total. The van der Waals surface area contributed by atoms with Crippen LogP contribution >= 0.6 is 0 Å². The van der Waals surface area contributed by atoms with Gasteiger partial charge in [-0.2, -0.15) is 8.78 Å². The molecule has 0 bridgehead atoms. The lowest BCUT2D eigenvalue weighted by atomic mass is 9.67. The van der Waals surface area contributed by atoms with Crippen molar-refractivity contribution in [3.8, 4) is 0 Å². The smallest absolute Gasteiger partial charge is 0.377 e. The molecule has 0 saturated heterocycles. The Bertz CT molecular complexity index is 278. The van der Waals surface area contributed by atoms with Crippen molar-refractivity contribution in [2.75, 3.05) is 0 Å². The van der Waals surface area contributed by atoms with Crippen LogP contribution in [0, 0.1) is 11.8 Å². The first-order valence-corrected chi connectivity index (χ1v) is 5.57. The molecule has 2 atom stereocenters. The molecular formula is C11H18F2O3. The van der Waals surface area contributed by atoms with Crippen molar-refractivity contribution in [1.82, 2.24) is 0 Å². The Morgan fingerprint density at radius 2 is 2.00 bits per heavy atom. The van der Waals surface area contributed by atoms with E-state index in [-0.39, 0.29) is 12.3 Å². The minimum Gasteiger partial charge on any atom is -0.477 e. The first kappa shape index (κ1) is 13.4. The maximum Gasteiger partial charge on any atom is 0.377 e. The average molecular weight is 236 g/mol. The zero-order valence-corrected chi connectivity index (χ0v) is 9.54. The lowest BCUT2D eigenvalue weighted by Crippen LogP contribution is -2.60. The topological polar surface area (TPSA) is 57.5 Å². The third-order valence-electron chi connectivity index (χ3n) is 3.55. The standard InChI is InChI=1S/C11H18F2O3/c1-7(2)8-5-3-4-6-10(8,16)11(12,13)9(14)15/h7-8,16H,3-6H2,1-2H3,(H,14,15). The molecule has 1 fully saturated rings. The average Bonchev–Trinajstić information content (AvgIpc) is 2.17. The second-order valence-corrected chi connectivity index (χ2v) is 4.90. The Morgan fingerprint density at radius 3 is 2.44 bits per heavy atom. The van der Waals surface area contributed by atoms with E-state index in [0.717, 1.165) is 6.42 Å². The number of alkyl halides is 2. The molecule has 0 aliphatic heterocycles. The molecule has 0 aromatic carbocycles. The largest absolute Gasteiger partial charge is 0.477 e. The summed E-state index contributed by atoms with van der Waals surface area (Å²) in [6, 6.07) is 0. The van der Waals surface area contributed by atoms with Gasteiger partial charge in [0.25, 0.3) is 0 Å². The minimum atomic E-state index is -4.07. The zero-order chi connectivity index (χ0) is 12.6. The summed E-state index contributed by atoms with van der Waals surface area (Å²) >= 11 is 0. The van der Waals surface area contributed by atoms with Crippen molar-refractivity contribution in [1.29, 1.82) is 0 Å². The number of aliphatic carboxylic acids is 1. The van der Waals surface area contributed by atoms with Gasteiger partial charge in [-0.1, -0.05) is 26.7 Å². The number of carbonyl (C=O) groups is 1. The molecule has 0 heterocycles. The summed E-state index contributed by atoms with van der Waals surface area (Å²) in [6.45, 7) is 3.47. The van der Waals surface area contributed by atoms with Gasteiger partial charge in [-0.15, -0.1) is 0 Å². The van der Waals surface area contributed by atoms with Crippen LogP contribution in [0.5, 0.6) is 0 Å². The van der Waals surface area contributed by atoms with Crippen LogP contribution in [0.2, 0.25) is 0 Å². The monoisotopic (exact) mass is 236 g/mol. The maximum atomic E-state index is 13.6. The number of hydrogen-bond donors (Lipinski definition) is 2. The van der Waals surface area contributed by atoms with E-state index in [4.69, 9.17) is 5.11 Å². The van der Waals surface area contributed by atoms with Crippen molar-refractivity contribution in [3.63, 3.8) is 0 Å². The Kier molecular flexibility index (Phi) is 3.57. The molecule has 1 aliphatic rings. The predicted molar refractivity (Wildman–Crippen MR) is 54.3 cm³/mol. The van der Waals surface area contributed by atoms with Gasteiger partial charge in [-0.25, -0.2) is 4.79 Å². The van der Waals surface area contributed by atoms with Crippen molar-refractivity contribution in [3.05, 3.63) is 0 Å². The molecule has 0 amide bonds. The van der Waals surface area contributed by atoms with E-state index >= 15 is 0 Å². The van der Waals surface area contributed by atoms with Gasteiger partial charge in [0, 0.05) is 0 Å². The van der Waals surface area contributed by atoms with Crippen LogP contribution in [0.15, 0.2) is 0 Å². The lowest BCUT2D eigenvalue weighted by molar-refractivity contribution is -0.236. The van der Waals surface area contributed by atoms with Crippen molar-refractivity contribution < 1.29 is 23.8 Å². The Balaban J connectivity index is 3.07. The summed E-state index contributed by atoms with van der Waals surface area (Å²) in [6.07, 6.45) is 1.52. The van der Waals surface area contributed by atoms with Crippen LogP contribution in [0.25, 0.3) is 0 Å². The Labute approximate surface area is 93.5 Å². The molecule has 16 heavy (non-hydrogen) atoms. The van der Waals surface area contributed by atoms with E-state index in [1.807, 2.05) is 0 Å². The number of halogens is 2. The minimum absolute atomic E-state index is 0.144. The molecule has 1 aliphatic carbocycles. The van der Waals surface area contributed by atoms with Crippen LogP contribution in [0.4, 0.5) is 8.78 Å². The molecule has 2 unspecified atom stereocenters. The van der Waals surface area contributed by atoms with Crippen LogP contribution in [0.1, 0.15) is 39.5 Å². The molecule has 2 N–H and O–H groups in total. The second-order valence-electron chi connectivity index (χ2n) is 4.90. The first-order chi connectivity index (χ1) is 7.23. The highest BCUT2D eigenvalue weighted by atomic mass is 19.3. The molecule has 0 spiro atoms. The van der Waals surface area contributed by atoms with E-state index in [0.29, 0.717) is 12.8 Å². The van der Waals surface area contributed by atoms with Crippen LogP contribution in [0.3, 0.4) is 0 Å². The summed E-state index contributed by atoms with van der Waals surface area (Å²) in [5, 5.41) is 18.6. The van der Waals surface area contributed by atoms with E-state index in [9.17, 15) is 18.7 Å². The number of aliphatic hydroxyl groups is 1. The van der Waals surface area contributed by atoms with E-state index < -0.39 is 23.4 Å². The van der Waals surface area contributed by atoms with Crippen molar-refractivity contribution >= 4 is 5.97 Å². The highest BCUT2D eigenvalue weighted by Crippen LogP contribution is 2.47.